The molecule has 0 bridgehead atoms. The van der Waals surface area contributed by atoms with Gasteiger partial charge in [0.15, 0.2) is 0 Å². The van der Waals surface area contributed by atoms with E-state index in [9.17, 15) is 0 Å². The number of benzene rings is 1. The van der Waals surface area contributed by atoms with E-state index in [1.54, 1.807) is 6.07 Å². The normalized spacial score (nSPS) is 20.0. The van der Waals surface area contributed by atoms with E-state index in [-0.39, 0.29) is 0 Å². The largest absolute Gasteiger partial charge is 0.378 e. The highest BCUT2D eigenvalue weighted by molar-refractivity contribution is 6.34. The lowest BCUT2D eigenvalue weighted by molar-refractivity contribution is 0.0115. The Kier molecular flexibility index (Phi) is 5.77. The number of ether oxygens (including phenoxy) is 1. The molecular weight excluding hydrogens is 269 g/mol. The van der Waals surface area contributed by atoms with E-state index in [2.05, 4.69) is 5.32 Å². The molecule has 18 heavy (non-hydrogen) atoms. The molecule has 1 fully saturated rings. The minimum Gasteiger partial charge on any atom is -0.378 e. The Balaban J connectivity index is 1.68. The lowest BCUT2D eigenvalue weighted by Gasteiger charge is -2.22. The average Bonchev–Trinajstić information content (AvgIpc) is 2.35. The van der Waals surface area contributed by atoms with Crippen LogP contribution in [0.15, 0.2) is 18.2 Å². The van der Waals surface area contributed by atoms with Crippen molar-refractivity contribution in [1.82, 2.24) is 5.32 Å². The standard InChI is InChI=1S/C14H19Cl2NO/c15-12-7-11(8-13(16)9-12)10-17-5-4-14-3-1-2-6-18-14/h7-9,14,17H,1-6,10H2. The van der Waals surface area contributed by atoms with Crippen molar-refractivity contribution >= 4 is 23.2 Å². The average molecular weight is 288 g/mol. The fraction of sp³-hybridized carbons (Fsp3) is 0.571. The van der Waals surface area contributed by atoms with E-state index in [0.717, 1.165) is 31.7 Å². The van der Waals surface area contributed by atoms with Crippen molar-refractivity contribution in [2.45, 2.75) is 38.3 Å². The second-order valence-electron chi connectivity index (χ2n) is 4.73. The maximum Gasteiger partial charge on any atom is 0.0587 e. The summed E-state index contributed by atoms with van der Waals surface area (Å²) in [6.45, 7) is 2.69. The van der Waals surface area contributed by atoms with E-state index in [1.807, 2.05) is 12.1 Å². The fourth-order valence-electron chi connectivity index (χ4n) is 2.24. The molecule has 100 valence electrons. The van der Waals surface area contributed by atoms with Crippen LogP contribution < -0.4 is 5.32 Å². The highest BCUT2D eigenvalue weighted by atomic mass is 35.5. The molecule has 0 spiro atoms. The van der Waals surface area contributed by atoms with Crippen molar-refractivity contribution in [3.05, 3.63) is 33.8 Å². The Morgan fingerprint density at radius 2 is 1.94 bits per heavy atom. The van der Waals surface area contributed by atoms with Gasteiger partial charge in [0.05, 0.1) is 6.10 Å². The third kappa shape index (κ3) is 4.77. The maximum absolute atomic E-state index is 5.95. The SMILES string of the molecule is Clc1cc(Cl)cc(CNCCC2CCCCO2)c1. The Hall–Kier alpha value is -0.280. The quantitative estimate of drug-likeness (QED) is 0.826. The molecule has 1 unspecified atom stereocenters. The maximum atomic E-state index is 5.95. The molecule has 1 atom stereocenters. The third-order valence-corrected chi connectivity index (χ3v) is 3.60. The molecule has 2 rings (SSSR count). The number of hydrogen-bond acceptors (Lipinski definition) is 2. The van der Waals surface area contributed by atoms with Gasteiger partial charge in [-0.05, 0) is 56.0 Å². The first-order valence-corrected chi connectivity index (χ1v) is 7.27. The highest BCUT2D eigenvalue weighted by Crippen LogP contribution is 2.19. The number of halogens is 2. The lowest BCUT2D eigenvalue weighted by Crippen LogP contribution is -2.25. The van der Waals surface area contributed by atoms with E-state index >= 15 is 0 Å². The van der Waals surface area contributed by atoms with Crippen LogP contribution in [0, 0.1) is 0 Å². The fourth-order valence-corrected chi connectivity index (χ4v) is 2.82. The van der Waals surface area contributed by atoms with Gasteiger partial charge in [-0.2, -0.15) is 0 Å². The highest BCUT2D eigenvalue weighted by Gasteiger charge is 2.12. The van der Waals surface area contributed by atoms with Crippen molar-refractivity contribution in [2.24, 2.45) is 0 Å². The second-order valence-corrected chi connectivity index (χ2v) is 5.60. The minimum atomic E-state index is 0.439. The smallest absolute Gasteiger partial charge is 0.0587 e. The summed E-state index contributed by atoms with van der Waals surface area (Å²) in [5, 5.41) is 4.79. The third-order valence-electron chi connectivity index (χ3n) is 3.17. The van der Waals surface area contributed by atoms with Crippen LogP contribution in [0.3, 0.4) is 0 Å². The van der Waals surface area contributed by atoms with E-state index in [1.165, 1.54) is 19.3 Å². The second kappa shape index (κ2) is 7.34. The van der Waals surface area contributed by atoms with Crippen molar-refractivity contribution in [3.63, 3.8) is 0 Å². The first-order valence-electron chi connectivity index (χ1n) is 6.51. The molecular formula is C14H19Cl2NO. The molecule has 1 heterocycles. The molecule has 1 N–H and O–H groups in total. The van der Waals surface area contributed by atoms with Crippen molar-refractivity contribution in [3.8, 4) is 0 Å². The first kappa shape index (κ1) is 14.1. The van der Waals surface area contributed by atoms with Crippen LogP contribution in [0.4, 0.5) is 0 Å². The molecule has 2 nitrogen and oxygen atoms in total. The number of nitrogens with one attached hydrogen (secondary N) is 1. The molecule has 0 aromatic heterocycles. The number of hydrogen-bond donors (Lipinski definition) is 1. The van der Waals surface area contributed by atoms with Crippen molar-refractivity contribution in [1.29, 1.82) is 0 Å². The van der Waals surface area contributed by atoms with E-state index in [4.69, 9.17) is 27.9 Å². The van der Waals surface area contributed by atoms with Crippen LogP contribution in [0.2, 0.25) is 10.0 Å². The zero-order chi connectivity index (χ0) is 12.8. The van der Waals surface area contributed by atoms with Gasteiger partial charge >= 0.3 is 0 Å². The van der Waals surface area contributed by atoms with Gasteiger partial charge in [-0.1, -0.05) is 23.2 Å². The predicted molar refractivity (Wildman–Crippen MR) is 76.4 cm³/mol. The molecule has 0 aliphatic carbocycles. The van der Waals surface area contributed by atoms with Gasteiger partial charge in [0.1, 0.15) is 0 Å². The Bertz CT molecular complexity index is 358. The van der Waals surface area contributed by atoms with Gasteiger partial charge < -0.3 is 10.1 Å². The summed E-state index contributed by atoms with van der Waals surface area (Å²) in [6, 6.07) is 5.64. The van der Waals surface area contributed by atoms with Gasteiger partial charge in [0.25, 0.3) is 0 Å². The summed E-state index contributed by atoms with van der Waals surface area (Å²) < 4.78 is 5.69. The van der Waals surface area contributed by atoms with Gasteiger partial charge in [0, 0.05) is 23.2 Å². The molecule has 4 heteroatoms. The Morgan fingerprint density at radius 1 is 1.17 bits per heavy atom. The summed E-state index contributed by atoms with van der Waals surface area (Å²) in [4.78, 5) is 0. The molecule has 0 saturated carbocycles. The van der Waals surface area contributed by atoms with Crippen LogP contribution >= 0.6 is 23.2 Å². The van der Waals surface area contributed by atoms with Gasteiger partial charge in [0.2, 0.25) is 0 Å². The van der Waals surface area contributed by atoms with E-state index in [0.29, 0.717) is 16.1 Å². The molecule has 1 aliphatic rings. The van der Waals surface area contributed by atoms with Gasteiger partial charge in [-0.3, -0.25) is 0 Å². The first-order chi connectivity index (χ1) is 8.74. The van der Waals surface area contributed by atoms with Crippen LogP contribution in [0.5, 0.6) is 0 Å². The van der Waals surface area contributed by atoms with Crippen LogP contribution in [0.1, 0.15) is 31.2 Å². The summed E-state index contributed by atoms with van der Waals surface area (Å²) in [5.41, 5.74) is 1.12. The lowest BCUT2D eigenvalue weighted by atomic mass is 10.1. The topological polar surface area (TPSA) is 21.3 Å². The molecule has 0 radical (unpaired) electrons. The summed E-state index contributed by atoms with van der Waals surface area (Å²) in [7, 11) is 0. The van der Waals surface area contributed by atoms with Crippen molar-refractivity contribution in [2.75, 3.05) is 13.2 Å². The van der Waals surface area contributed by atoms with Gasteiger partial charge in [-0.15, -0.1) is 0 Å². The summed E-state index contributed by atoms with van der Waals surface area (Å²) in [6.07, 6.45) is 5.23. The molecule has 1 saturated heterocycles. The minimum absolute atomic E-state index is 0.439. The van der Waals surface area contributed by atoms with Gasteiger partial charge in [-0.25, -0.2) is 0 Å². The Labute approximate surface area is 119 Å². The van der Waals surface area contributed by atoms with Crippen LogP contribution in [-0.4, -0.2) is 19.3 Å². The zero-order valence-corrected chi connectivity index (χ0v) is 11.9. The van der Waals surface area contributed by atoms with Crippen molar-refractivity contribution < 1.29 is 4.74 Å². The Morgan fingerprint density at radius 3 is 2.61 bits per heavy atom. The zero-order valence-electron chi connectivity index (χ0n) is 10.4. The summed E-state index contributed by atoms with van der Waals surface area (Å²) in [5.74, 6) is 0. The van der Waals surface area contributed by atoms with Crippen LogP contribution in [0.25, 0.3) is 0 Å². The molecule has 1 aliphatic heterocycles. The summed E-state index contributed by atoms with van der Waals surface area (Å²) >= 11 is 11.9. The monoisotopic (exact) mass is 287 g/mol. The molecule has 1 aromatic carbocycles. The number of rotatable bonds is 5. The van der Waals surface area contributed by atoms with Crippen LogP contribution in [-0.2, 0) is 11.3 Å². The molecule has 0 amide bonds. The molecule has 1 aromatic rings. The predicted octanol–water partition coefficient (Wildman–Crippen LogP) is 4.04. The van der Waals surface area contributed by atoms with E-state index < -0.39 is 0 Å².